The number of carbonyl (C=O) groups excluding carboxylic acids is 1. The molecule has 17 N–H and O–H groups in total. The van der Waals surface area contributed by atoms with Crippen molar-refractivity contribution in [3.63, 3.8) is 0 Å². The first-order chi connectivity index (χ1) is 44.9. The van der Waals surface area contributed by atoms with Gasteiger partial charge in [0.2, 0.25) is 0 Å². The van der Waals surface area contributed by atoms with Crippen LogP contribution >= 0.6 is 0 Å². The van der Waals surface area contributed by atoms with E-state index in [1.54, 1.807) is 106 Å². The monoisotopic (exact) mass is 1380 g/mol. The van der Waals surface area contributed by atoms with Gasteiger partial charge in [0.05, 0.1) is 122 Å². The van der Waals surface area contributed by atoms with Gasteiger partial charge in [0.1, 0.15) is 12.2 Å². The number of ether oxygens (including phenoxy) is 4. The molecule has 23 heteroatoms. The summed E-state index contributed by atoms with van der Waals surface area (Å²) >= 11 is 0. The van der Waals surface area contributed by atoms with Gasteiger partial charge in [0.15, 0.2) is 12.1 Å². The molecule has 562 valence electrons. The molecule has 0 aromatic rings. The number of hydrogen-bond acceptors (Lipinski definition) is 23. The van der Waals surface area contributed by atoms with E-state index in [1.165, 1.54) is 12.2 Å². The smallest absolute Gasteiger partial charge is 0.311 e. The third-order valence-corrected chi connectivity index (χ3v) is 20.9. The molecule has 96 heavy (non-hydrogen) atoms. The van der Waals surface area contributed by atoms with E-state index in [0.29, 0.717) is 42.7 Å². The molecular formula is C73H133NO22. The van der Waals surface area contributed by atoms with Crippen LogP contribution in [0.4, 0.5) is 0 Å². The highest BCUT2D eigenvalue weighted by molar-refractivity contribution is 5.71. The number of likely N-dealkylation sites (N-methyl/N-ethyl adjacent to an activating group) is 1. The molecular weight excluding hydrogens is 1240 g/mol. The SMILES string of the molecule is C/C1=C/C=C/CC(O)C(C)C(O)CCCC(O)CC(O)/C(C)=C/C(CCCCC(C)C)C(O)C(O)CCC(O)CC(O)CC(O)C(C)CCC(O)C(C)C(O)CCCC(O)CC(O)/C=C/C(C)OC(=O)CC2(O)OC(CC(O[C@@H]3O[C@H](C)[C@@H](O)C(N(C)C)[C@H]3O)C2C)C(C)C1O. The number of cyclic esters (lactones) is 1. The van der Waals surface area contributed by atoms with Crippen molar-refractivity contribution in [3.05, 3.63) is 47.6 Å². The molecule has 25 unspecified atom stereocenters. The highest BCUT2D eigenvalue weighted by atomic mass is 16.7. The third kappa shape index (κ3) is 29.9. The van der Waals surface area contributed by atoms with E-state index in [-0.39, 0.29) is 89.4 Å². The van der Waals surface area contributed by atoms with Gasteiger partial charge in [-0.3, -0.25) is 4.79 Å². The highest BCUT2D eigenvalue weighted by Crippen LogP contribution is 2.42. The van der Waals surface area contributed by atoms with E-state index in [1.807, 2.05) is 0 Å². The zero-order valence-electron chi connectivity index (χ0n) is 60.1. The average Bonchev–Trinajstić information content (AvgIpc) is 0.771. The molecule has 3 aliphatic heterocycles. The van der Waals surface area contributed by atoms with Crippen molar-refractivity contribution in [2.45, 2.75) is 351 Å². The van der Waals surface area contributed by atoms with Gasteiger partial charge in [-0.1, -0.05) is 98.1 Å². The predicted octanol–water partition coefficient (Wildman–Crippen LogP) is 4.50. The van der Waals surface area contributed by atoms with Crippen LogP contribution in [0.1, 0.15) is 211 Å². The Labute approximate surface area is 573 Å². The van der Waals surface area contributed by atoms with Crippen LogP contribution in [0.2, 0.25) is 0 Å². The zero-order valence-corrected chi connectivity index (χ0v) is 60.1. The molecule has 0 amide bonds. The largest absolute Gasteiger partial charge is 0.458 e. The quantitative estimate of drug-likeness (QED) is 0.0903. The molecule has 0 saturated carbocycles. The Morgan fingerprint density at radius 1 is 0.604 bits per heavy atom. The molecule has 29 atom stereocenters. The Balaban J connectivity index is 1.86. The number of rotatable bonds is 8. The van der Waals surface area contributed by atoms with Gasteiger partial charge in [-0.2, -0.15) is 0 Å². The Bertz CT molecular complexity index is 2270. The van der Waals surface area contributed by atoms with Crippen molar-refractivity contribution in [1.82, 2.24) is 4.90 Å². The van der Waals surface area contributed by atoms with Gasteiger partial charge < -0.3 is 111 Å². The molecule has 0 aliphatic carbocycles. The van der Waals surface area contributed by atoms with Crippen molar-refractivity contribution in [1.29, 1.82) is 0 Å². The van der Waals surface area contributed by atoms with Gasteiger partial charge >= 0.3 is 5.97 Å². The summed E-state index contributed by atoms with van der Waals surface area (Å²) in [4.78, 5) is 15.4. The minimum atomic E-state index is -2.26. The first-order valence-electron chi connectivity index (χ1n) is 36.0. The summed E-state index contributed by atoms with van der Waals surface area (Å²) in [5, 5.41) is 191. The molecule has 3 aliphatic rings. The molecule has 2 saturated heterocycles. The summed E-state index contributed by atoms with van der Waals surface area (Å²) in [6.07, 6.45) is -7.60. The van der Waals surface area contributed by atoms with E-state index in [2.05, 4.69) is 13.8 Å². The average molecular weight is 1380 g/mol. The number of esters is 1. The van der Waals surface area contributed by atoms with E-state index in [9.17, 15) is 91.6 Å². The summed E-state index contributed by atoms with van der Waals surface area (Å²) in [7, 11) is 3.40. The summed E-state index contributed by atoms with van der Waals surface area (Å²) in [5.41, 5.74) is 0.999. The highest BCUT2D eigenvalue weighted by Gasteiger charge is 2.53. The van der Waals surface area contributed by atoms with Crippen molar-refractivity contribution in [3.8, 4) is 0 Å². The number of hydrogen-bond donors (Lipinski definition) is 17. The van der Waals surface area contributed by atoms with Crippen molar-refractivity contribution in [2.24, 2.45) is 41.4 Å². The molecule has 2 bridgehead atoms. The van der Waals surface area contributed by atoms with Crippen LogP contribution in [0, 0.1) is 41.4 Å². The standard InChI is InChI=1S/C73H133NO22/c1-41(2)20-14-16-22-51-34-44(5)63(86)37-53(76)24-19-27-58(81)46(7)57(80)25-17-15-21-43(4)68(88)48(9)64-39-65(95-72-71(91)67(74(12)13)69(89)50(11)94-72)49(10)73(92,96-64)40-66(87)93-45(6)29-30-54(77)35-52(75)23-18-26-59(82)47(8)60(83)32-28-42(3)62(85)38-56(79)36-55(78)31-33-61(84)70(51)90/h15,17,21,29-30,34,41-42,45-65,67-72,75-86,88-92H,14,16,18-20,22-28,31-33,35-40H2,1-13H3/b17-15+,30-29+,43-21-,44-34+/t42?,45?,46?,47?,48?,49?,50-,51?,52?,53?,54?,55?,56?,57?,58?,59?,60?,61?,62?,63?,64?,65?,67?,68?,69-,70?,71-,72+,73?/m1/s1. The number of unbranched alkanes of at least 4 members (excludes halogenated alkanes) is 1. The molecule has 2 fully saturated rings. The van der Waals surface area contributed by atoms with Crippen LogP contribution < -0.4 is 0 Å². The molecule has 0 spiro atoms. The van der Waals surface area contributed by atoms with Crippen LogP contribution in [0.5, 0.6) is 0 Å². The summed E-state index contributed by atoms with van der Waals surface area (Å²) < 4.78 is 24.5. The minimum absolute atomic E-state index is 0.00941. The van der Waals surface area contributed by atoms with Crippen molar-refractivity contribution in [2.75, 3.05) is 14.1 Å². The van der Waals surface area contributed by atoms with Gasteiger partial charge in [0.25, 0.3) is 0 Å². The lowest BCUT2D eigenvalue weighted by molar-refractivity contribution is -0.351. The second-order valence-electron chi connectivity index (χ2n) is 30.0. The van der Waals surface area contributed by atoms with Gasteiger partial charge in [-0.05, 0) is 161 Å². The second-order valence-corrected chi connectivity index (χ2v) is 30.0. The van der Waals surface area contributed by atoms with Gasteiger partial charge in [-0.25, -0.2) is 0 Å². The van der Waals surface area contributed by atoms with E-state index in [0.717, 1.165) is 19.3 Å². The summed E-state index contributed by atoms with van der Waals surface area (Å²) in [6, 6.07) is -0.781. The summed E-state index contributed by atoms with van der Waals surface area (Å²) in [6.45, 7) is 19.4. The zero-order chi connectivity index (χ0) is 72.5. The maximum atomic E-state index is 13.7. The number of allylic oxidation sites excluding steroid dienone is 2. The van der Waals surface area contributed by atoms with Crippen LogP contribution in [0.3, 0.4) is 0 Å². The normalized spacial score (nSPS) is 44.4. The van der Waals surface area contributed by atoms with Crippen LogP contribution in [-0.2, 0) is 23.7 Å². The maximum Gasteiger partial charge on any atom is 0.311 e. The van der Waals surface area contributed by atoms with Crippen molar-refractivity contribution < 1.29 is 111 Å². The van der Waals surface area contributed by atoms with Crippen LogP contribution in [-0.4, -0.2) is 252 Å². The number of nitrogens with zero attached hydrogens (tertiary/aromatic N) is 1. The molecule has 3 rings (SSSR count). The van der Waals surface area contributed by atoms with Crippen LogP contribution in [0.15, 0.2) is 47.6 Å². The lowest BCUT2D eigenvalue weighted by atomic mass is 9.80. The number of fused-ring (bicyclic) bond motifs is 2. The fourth-order valence-electron chi connectivity index (χ4n) is 13.6. The first kappa shape index (κ1) is 87.8. The molecule has 23 nitrogen and oxygen atoms in total. The summed E-state index contributed by atoms with van der Waals surface area (Å²) in [5.74, 6) is -6.42. The fraction of sp³-hybridized carbons (Fsp3) is 0.877. The lowest BCUT2D eigenvalue weighted by Gasteiger charge is -2.50. The fourth-order valence-corrected chi connectivity index (χ4v) is 13.6. The Morgan fingerprint density at radius 3 is 1.80 bits per heavy atom. The topological polar surface area (TPSA) is 401 Å². The lowest BCUT2D eigenvalue weighted by Crippen LogP contribution is -2.64. The maximum absolute atomic E-state index is 13.7. The van der Waals surface area contributed by atoms with Gasteiger partial charge in [0, 0.05) is 48.9 Å². The van der Waals surface area contributed by atoms with Crippen LogP contribution in [0.25, 0.3) is 0 Å². The van der Waals surface area contributed by atoms with Gasteiger partial charge in [-0.15, -0.1) is 0 Å². The predicted molar refractivity (Wildman–Crippen MR) is 365 cm³/mol. The van der Waals surface area contributed by atoms with E-state index in [4.69, 9.17) is 18.9 Å². The Kier molecular flexibility index (Phi) is 39.8. The van der Waals surface area contributed by atoms with E-state index >= 15 is 0 Å². The van der Waals surface area contributed by atoms with E-state index < -0.39 is 182 Å². The molecule has 3 heterocycles. The molecule has 0 radical (unpaired) electrons. The van der Waals surface area contributed by atoms with Crippen molar-refractivity contribution >= 4 is 5.97 Å². The Hall–Kier alpha value is -2.41. The third-order valence-electron chi connectivity index (χ3n) is 20.9. The Morgan fingerprint density at radius 2 is 1.19 bits per heavy atom. The molecule has 0 aromatic heterocycles. The second kappa shape index (κ2) is 43.5. The number of aliphatic hydroxyl groups is 17. The number of aliphatic hydroxyl groups excluding tert-OH is 16. The number of carbonyl (C=O) groups is 1. The molecule has 0 aromatic carbocycles. The minimum Gasteiger partial charge on any atom is -0.458 e. The first-order valence-corrected chi connectivity index (χ1v) is 36.0.